The van der Waals surface area contributed by atoms with E-state index in [-0.39, 0.29) is 0 Å². The molecule has 2 N–H and O–H groups in total. The summed E-state index contributed by atoms with van der Waals surface area (Å²) >= 11 is 1.90. The van der Waals surface area contributed by atoms with Crippen molar-refractivity contribution in [2.24, 2.45) is 5.73 Å². The molecular formula is C14H24N2S. The third-order valence-electron chi connectivity index (χ3n) is 3.11. The maximum atomic E-state index is 5.88. The maximum absolute atomic E-state index is 5.88. The van der Waals surface area contributed by atoms with Gasteiger partial charge in [0.15, 0.2) is 0 Å². The fraction of sp³-hybridized carbons (Fsp3) is 0.571. The summed E-state index contributed by atoms with van der Waals surface area (Å²) in [6.07, 6.45) is 4.56. The molecule has 0 aromatic heterocycles. The van der Waals surface area contributed by atoms with Gasteiger partial charge in [-0.2, -0.15) is 11.8 Å². The second kappa shape index (κ2) is 7.62. The van der Waals surface area contributed by atoms with Gasteiger partial charge in [0.2, 0.25) is 0 Å². The summed E-state index contributed by atoms with van der Waals surface area (Å²) in [7, 11) is 2.14. The molecule has 0 spiro atoms. The first-order valence-corrected chi connectivity index (χ1v) is 7.57. The zero-order chi connectivity index (χ0) is 12.7. The monoisotopic (exact) mass is 252 g/mol. The van der Waals surface area contributed by atoms with Crippen LogP contribution >= 0.6 is 11.8 Å². The van der Waals surface area contributed by atoms with Gasteiger partial charge in [-0.05, 0) is 49.5 Å². The molecule has 0 bridgehead atoms. The highest BCUT2D eigenvalue weighted by Crippen LogP contribution is 2.18. The van der Waals surface area contributed by atoms with Gasteiger partial charge < -0.3 is 10.6 Å². The van der Waals surface area contributed by atoms with Gasteiger partial charge in [0.1, 0.15) is 0 Å². The number of nitrogens with zero attached hydrogens (tertiary/aromatic N) is 1. The van der Waals surface area contributed by atoms with Gasteiger partial charge in [-0.15, -0.1) is 0 Å². The quantitative estimate of drug-likeness (QED) is 0.757. The van der Waals surface area contributed by atoms with Crippen LogP contribution in [0, 0.1) is 6.92 Å². The Morgan fingerprint density at radius 2 is 2.18 bits per heavy atom. The molecule has 0 saturated heterocycles. The van der Waals surface area contributed by atoms with Crippen molar-refractivity contribution in [3.63, 3.8) is 0 Å². The summed E-state index contributed by atoms with van der Waals surface area (Å²) in [4.78, 5) is 2.31. The van der Waals surface area contributed by atoms with Crippen LogP contribution in [0.25, 0.3) is 0 Å². The molecule has 1 unspecified atom stereocenters. The zero-order valence-corrected chi connectivity index (χ0v) is 12.0. The first-order chi connectivity index (χ1) is 8.19. The number of thioether (sulfide) groups is 1. The number of hydrogen-bond donors (Lipinski definition) is 1. The van der Waals surface area contributed by atoms with Crippen LogP contribution in [-0.2, 0) is 0 Å². The van der Waals surface area contributed by atoms with Crippen molar-refractivity contribution in [3.05, 3.63) is 29.8 Å². The number of benzene rings is 1. The van der Waals surface area contributed by atoms with E-state index in [0.717, 1.165) is 6.54 Å². The van der Waals surface area contributed by atoms with Crippen molar-refractivity contribution < 1.29 is 0 Å². The van der Waals surface area contributed by atoms with Crippen molar-refractivity contribution in [2.75, 3.05) is 30.5 Å². The van der Waals surface area contributed by atoms with E-state index >= 15 is 0 Å². The number of likely N-dealkylation sites (N-methyl/N-ethyl adjacent to an activating group) is 1. The van der Waals surface area contributed by atoms with Gasteiger partial charge in [-0.25, -0.2) is 0 Å². The molecule has 1 rings (SSSR count). The topological polar surface area (TPSA) is 29.3 Å². The minimum absolute atomic E-state index is 0.448. The minimum Gasteiger partial charge on any atom is -0.370 e. The van der Waals surface area contributed by atoms with Gasteiger partial charge in [0.05, 0.1) is 0 Å². The fourth-order valence-corrected chi connectivity index (χ4v) is 2.45. The number of nitrogens with two attached hydrogens (primary N) is 1. The highest BCUT2D eigenvalue weighted by atomic mass is 32.2. The van der Waals surface area contributed by atoms with Crippen LogP contribution in [0.1, 0.15) is 18.4 Å². The molecule has 1 aromatic rings. The van der Waals surface area contributed by atoms with Gasteiger partial charge in [0.25, 0.3) is 0 Å². The fourth-order valence-electron chi connectivity index (χ4n) is 1.99. The molecule has 0 fully saturated rings. The van der Waals surface area contributed by atoms with Crippen LogP contribution in [0.4, 0.5) is 5.69 Å². The molecule has 2 nitrogen and oxygen atoms in total. The SMILES string of the molecule is CSCCCC(CN)N(C)c1cccc(C)c1. The molecule has 0 heterocycles. The largest absolute Gasteiger partial charge is 0.370 e. The number of rotatable bonds is 7. The van der Waals surface area contributed by atoms with E-state index in [0.29, 0.717) is 6.04 Å². The third kappa shape index (κ3) is 4.60. The van der Waals surface area contributed by atoms with E-state index in [9.17, 15) is 0 Å². The van der Waals surface area contributed by atoms with Gasteiger partial charge in [0, 0.05) is 25.3 Å². The Bertz CT molecular complexity index is 328. The predicted octanol–water partition coefficient (Wildman–Crippen LogP) is 2.90. The second-order valence-electron chi connectivity index (χ2n) is 4.47. The molecule has 1 aromatic carbocycles. The highest BCUT2D eigenvalue weighted by molar-refractivity contribution is 7.98. The summed E-state index contributed by atoms with van der Waals surface area (Å²) < 4.78 is 0. The molecular weight excluding hydrogens is 228 g/mol. The highest BCUT2D eigenvalue weighted by Gasteiger charge is 2.13. The normalized spacial score (nSPS) is 12.5. The molecule has 0 aliphatic carbocycles. The first-order valence-electron chi connectivity index (χ1n) is 6.17. The Morgan fingerprint density at radius 3 is 2.76 bits per heavy atom. The molecule has 1 atom stereocenters. The number of anilines is 1. The lowest BCUT2D eigenvalue weighted by atomic mass is 10.1. The maximum Gasteiger partial charge on any atom is 0.0409 e. The lowest BCUT2D eigenvalue weighted by molar-refractivity contribution is 0.583. The summed E-state index contributed by atoms with van der Waals surface area (Å²) in [5.41, 5.74) is 8.45. The summed E-state index contributed by atoms with van der Waals surface area (Å²) in [5.74, 6) is 1.22. The average molecular weight is 252 g/mol. The lowest BCUT2D eigenvalue weighted by Gasteiger charge is -2.29. The van der Waals surface area contributed by atoms with Crippen LogP contribution in [0.15, 0.2) is 24.3 Å². The van der Waals surface area contributed by atoms with Gasteiger partial charge >= 0.3 is 0 Å². The van der Waals surface area contributed by atoms with E-state index in [2.05, 4.69) is 49.4 Å². The van der Waals surface area contributed by atoms with Crippen molar-refractivity contribution in [2.45, 2.75) is 25.8 Å². The average Bonchev–Trinajstić information content (AvgIpc) is 2.34. The Kier molecular flexibility index (Phi) is 6.45. The van der Waals surface area contributed by atoms with E-state index < -0.39 is 0 Å². The molecule has 0 aliphatic rings. The van der Waals surface area contributed by atoms with Crippen LogP contribution in [0.5, 0.6) is 0 Å². The van der Waals surface area contributed by atoms with Crippen molar-refractivity contribution in [1.29, 1.82) is 0 Å². The summed E-state index contributed by atoms with van der Waals surface area (Å²) in [6, 6.07) is 9.06. The molecule has 0 radical (unpaired) electrons. The van der Waals surface area contributed by atoms with E-state index in [1.165, 1.54) is 29.8 Å². The Balaban J connectivity index is 2.61. The van der Waals surface area contributed by atoms with Gasteiger partial charge in [-0.3, -0.25) is 0 Å². The smallest absolute Gasteiger partial charge is 0.0409 e. The van der Waals surface area contributed by atoms with Crippen molar-refractivity contribution in [3.8, 4) is 0 Å². The van der Waals surface area contributed by atoms with Gasteiger partial charge in [-0.1, -0.05) is 12.1 Å². The molecule has 96 valence electrons. The Hall–Kier alpha value is -0.670. The van der Waals surface area contributed by atoms with Crippen LogP contribution in [0.2, 0.25) is 0 Å². The van der Waals surface area contributed by atoms with Crippen LogP contribution in [0.3, 0.4) is 0 Å². The van der Waals surface area contributed by atoms with E-state index in [1.54, 1.807) is 0 Å². The second-order valence-corrected chi connectivity index (χ2v) is 5.46. The summed E-state index contributed by atoms with van der Waals surface area (Å²) in [5, 5.41) is 0. The lowest BCUT2D eigenvalue weighted by Crippen LogP contribution is -2.38. The van der Waals surface area contributed by atoms with Crippen LogP contribution in [-0.4, -0.2) is 31.6 Å². The van der Waals surface area contributed by atoms with E-state index in [1.807, 2.05) is 11.8 Å². The molecule has 3 heteroatoms. The number of hydrogen-bond acceptors (Lipinski definition) is 3. The van der Waals surface area contributed by atoms with Crippen molar-refractivity contribution in [1.82, 2.24) is 0 Å². The third-order valence-corrected chi connectivity index (χ3v) is 3.81. The number of aryl methyl sites for hydroxylation is 1. The molecule has 0 amide bonds. The summed E-state index contributed by atoms with van der Waals surface area (Å²) in [6.45, 7) is 2.85. The first kappa shape index (κ1) is 14.4. The molecule has 0 saturated carbocycles. The molecule has 17 heavy (non-hydrogen) atoms. The van der Waals surface area contributed by atoms with Crippen molar-refractivity contribution >= 4 is 17.4 Å². The predicted molar refractivity (Wildman–Crippen MR) is 80.0 cm³/mol. The Labute approximate surface area is 110 Å². The standard InChI is InChI=1S/C14H24N2S/c1-12-6-4-7-13(10-12)16(2)14(11-15)8-5-9-17-3/h4,6-7,10,14H,5,8-9,11,15H2,1-3H3. The van der Waals surface area contributed by atoms with E-state index in [4.69, 9.17) is 5.73 Å². The zero-order valence-electron chi connectivity index (χ0n) is 11.1. The van der Waals surface area contributed by atoms with Crippen LogP contribution < -0.4 is 10.6 Å². The minimum atomic E-state index is 0.448. The Morgan fingerprint density at radius 1 is 1.41 bits per heavy atom. The molecule has 0 aliphatic heterocycles.